The van der Waals surface area contributed by atoms with Crippen LogP contribution in [0.1, 0.15) is 25.0 Å². The monoisotopic (exact) mass is 264 g/mol. The zero-order valence-corrected chi connectivity index (χ0v) is 12.1. The van der Waals surface area contributed by atoms with Gasteiger partial charge in [-0.25, -0.2) is 0 Å². The molecule has 0 aliphatic carbocycles. The van der Waals surface area contributed by atoms with Crippen molar-refractivity contribution >= 4 is 0 Å². The molecule has 0 amide bonds. The number of pyridine rings is 2. The summed E-state index contributed by atoms with van der Waals surface area (Å²) < 4.78 is 0. The Morgan fingerprint density at radius 1 is 0.800 bits per heavy atom. The lowest BCUT2D eigenvalue weighted by atomic mass is 10.1. The molecule has 0 unspecified atom stereocenters. The number of hydrogen-bond donors (Lipinski definition) is 0. The fourth-order valence-electron chi connectivity index (χ4n) is 1.99. The number of nitrogens with zero attached hydrogens (tertiary/aromatic N) is 2. The molecule has 0 fully saturated rings. The Balaban J connectivity index is 2.26. The van der Waals surface area contributed by atoms with Crippen molar-refractivity contribution in [3.8, 4) is 11.4 Å². The van der Waals surface area contributed by atoms with Crippen molar-refractivity contribution in [2.45, 2.75) is 26.7 Å². The summed E-state index contributed by atoms with van der Waals surface area (Å²) in [6, 6.07) is 8.32. The predicted molar refractivity (Wildman–Crippen MR) is 84.5 cm³/mol. The first kappa shape index (κ1) is 14.2. The van der Waals surface area contributed by atoms with Gasteiger partial charge in [0, 0.05) is 12.4 Å². The minimum atomic E-state index is 0.935. The molecule has 2 aromatic heterocycles. The average molecular weight is 264 g/mol. The van der Waals surface area contributed by atoms with Gasteiger partial charge in [-0.2, -0.15) is 0 Å². The molecule has 2 heteroatoms. The second kappa shape index (κ2) is 7.39. The minimum Gasteiger partial charge on any atom is -0.255 e. The van der Waals surface area contributed by atoms with E-state index in [0.717, 1.165) is 24.2 Å². The van der Waals surface area contributed by atoms with Crippen molar-refractivity contribution < 1.29 is 0 Å². The molecule has 0 saturated heterocycles. The summed E-state index contributed by atoms with van der Waals surface area (Å²) in [7, 11) is 0. The van der Waals surface area contributed by atoms with Crippen molar-refractivity contribution in [3.05, 3.63) is 72.1 Å². The Morgan fingerprint density at radius 3 is 1.65 bits per heavy atom. The molecule has 0 aromatic carbocycles. The van der Waals surface area contributed by atoms with E-state index in [-0.39, 0.29) is 0 Å². The second-order valence-corrected chi connectivity index (χ2v) is 4.64. The van der Waals surface area contributed by atoms with Crippen LogP contribution >= 0.6 is 0 Å². The van der Waals surface area contributed by atoms with Crippen LogP contribution in [0.2, 0.25) is 0 Å². The van der Waals surface area contributed by atoms with Crippen LogP contribution in [0.5, 0.6) is 0 Å². The molecule has 2 nitrogen and oxygen atoms in total. The number of rotatable bonds is 5. The smallest absolute Gasteiger partial charge is 0.0889 e. The van der Waals surface area contributed by atoms with E-state index in [4.69, 9.17) is 0 Å². The van der Waals surface area contributed by atoms with Crippen molar-refractivity contribution in [1.29, 1.82) is 0 Å². The van der Waals surface area contributed by atoms with E-state index in [1.54, 1.807) is 0 Å². The van der Waals surface area contributed by atoms with E-state index < -0.39 is 0 Å². The molecule has 2 heterocycles. The lowest BCUT2D eigenvalue weighted by Gasteiger charge is -2.04. The van der Waals surface area contributed by atoms with E-state index in [9.17, 15) is 0 Å². The molecule has 0 saturated carbocycles. The predicted octanol–water partition coefficient (Wildman–Crippen LogP) is 4.38. The van der Waals surface area contributed by atoms with Crippen LogP contribution in [0.25, 0.3) is 11.4 Å². The van der Waals surface area contributed by atoms with E-state index in [0.29, 0.717) is 0 Å². The maximum Gasteiger partial charge on any atom is 0.0889 e. The maximum atomic E-state index is 4.43. The summed E-state index contributed by atoms with van der Waals surface area (Å²) in [6.45, 7) is 4.07. The number of hydrogen-bond acceptors (Lipinski definition) is 2. The molecule has 2 rings (SSSR count). The van der Waals surface area contributed by atoms with Gasteiger partial charge in [-0.15, -0.1) is 0 Å². The van der Waals surface area contributed by atoms with Gasteiger partial charge in [0.1, 0.15) is 0 Å². The number of allylic oxidation sites excluding steroid dienone is 4. The third-order valence-electron chi connectivity index (χ3n) is 3.09. The summed E-state index contributed by atoms with van der Waals surface area (Å²) in [5.41, 5.74) is 4.39. The van der Waals surface area contributed by atoms with Gasteiger partial charge in [0.25, 0.3) is 0 Å². The fourth-order valence-corrected chi connectivity index (χ4v) is 1.99. The maximum absolute atomic E-state index is 4.43. The Morgan fingerprint density at radius 2 is 1.25 bits per heavy atom. The van der Waals surface area contributed by atoms with E-state index in [1.165, 1.54) is 11.1 Å². The third kappa shape index (κ3) is 3.89. The zero-order valence-electron chi connectivity index (χ0n) is 12.1. The van der Waals surface area contributed by atoms with Gasteiger partial charge in [-0.3, -0.25) is 9.97 Å². The van der Waals surface area contributed by atoms with Crippen molar-refractivity contribution in [1.82, 2.24) is 9.97 Å². The first-order valence-electron chi connectivity index (χ1n) is 6.96. The molecule has 102 valence electrons. The third-order valence-corrected chi connectivity index (χ3v) is 3.09. The van der Waals surface area contributed by atoms with E-state index >= 15 is 0 Å². The largest absolute Gasteiger partial charge is 0.255 e. The van der Waals surface area contributed by atoms with Crippen LogP contribution in [0.4, 0.5) is 0 Å². The van der Waals surface area contributed by atoms with Gasteiger partial charge in [-0.1, -0.05) is 24.3 Å². The molecule has 0 atom stereocenters. The molecule has 2 aromatic rings. The van der Waals surface area contributed by atoms with Crippen molar-refractivity contribution in [2.24, 2.45) is 0 Å². The van der Waals surface area contributed by atoms with Crippen molar-refractivity contribution in [2.75, 3.05) is 0 Å². The summed E-state index contributed by atoms with van der Waals surface area (Å²) in [5, 5.41) is 0. The molecular formula is C18H20N2. The fraction of sp³-hybridized carbons (Fsp3) is 0.222. The van der Waals surface area contributed by atoms with Crippen LogP contribution < -0.4 is 0 Å². The highest BCUT2D eigenvalue weighted by molar-refractivity contribution is 5.55. The van der Waals surface area contributed by atoms with Crippen LogP contribution in [-0.2, 0) is 12.8 Å². The summed E-state index contributed by atoms with van der Waals surface area (Å²) >= 11 is 0. The average Bonchev–Trinajstić information content (AvgIpc) is 2.51. The highest BCUT2D eigenvalue weighted by Crippen LogP contribution is 2.17. The molecule has 20 heavy (non-hydrogen) atoms. The van der Waals surface area contributed by atoms with E-state index in [1.807, 2.05) is 38.4 Å². The van der Waals surface area contributed by atoms with E-state index in [2.05, 4.69) is 46.4 Å². The lowest BCUT2D eigenvalue weighted by Crippen LogP contribution is -1.92. The molecule has 0 spiro atoms. The Labute approximate surface area is 120 Å². The molecule has 0 bridgehead atoms. The molecular weight excluding hydrogens is 244 g/mol. The van der Waals surface area contributed by atoms with Crippen molar-refractivity contribution in [3.63, 3.8) is 0 Å². The second-order valence-electron chi connectivity index (χ2n) is 4.64. The van der Waals surface area contributed by atoms with Gasteiger partial charge in [0.15, 0.2) is 0 Å². The van der Waals surface area contributed by atoms with Gasteiger partial charge in [-0.05, 0) is 62.1 Å². The summed E-state index contributed by atoms with van der Waals surface area (Å²) in [5.74, 6) is 0. The Kier molecular flexibility index (Phi) is 5.24. The molecule has 0 N–H and O–H groups in total. The van der Waals surface area contributed by atoms with Gasteiger partial charge in [0.05, 0.1) is 11.4 Å². The lowest BCUT2D eigenvalue weighted by molar-refractivity contribution is 1.16. The van der Waals surface area contributed by atoms with Crippen LogP contribution in [-0.4, -0.2) is 9.97 Å². The first-order valence-corrected chi connectivity index (χ1v) is 6.96. The molecule has 0 radical (unpaired) electrons. The highest BCUT2D eigenvalue weighted by Gasteiger charge is 2.03. The topological polar surface area (TPSA) is 25.8 Å². The molecule has 0 aliphatic heterocycles. The van der Waals surface area contributed by atoms with Crippen LogP contribution in [0.15, 0.2) is 61.0 Å². The zero-order chi connectivity index (χ0) is 14.2. The Bertz CT molecular complexity index is 557. The first-order chi connectivity index (χ1) is 9.83. The Hall–Kier alpha value is -2.22. The molecule has 0 aliphatic rings. The van der Waals surface area contributed by atoms with Crippen LogP contribution in [0.3, 0.4) is 0 Å². The summed E-state index contributed by atoms with van der Waals surface area (Å²) in [6.07, 6.45) is 14.0. The van der Waals surface area contributed by atoms with Gasteiger partial charge < -0.3 is 0 Å². The standard InChI is InChI=1S/C18H20N2/c1-3-5-7-15-9-11-19-17(13-15)18-14-16(8-6-4-2)10-12-20-18/h3-6,9-14H,7-8H2,1-2H3. The summed E-state index contributed by atoms with van der Waals surface area (Å²) in [4.78, 5) is 8.87. The quantitative estimate of drug-likeness (QED) is 0.749. The minimum absolute atomic E-state index is 0.935. The van der Waals surface area contributed by atoms with Gasteiger partial charge in [0.2, 0.25) is 0 Å². The van der Waals surface area contributed by atoms with Crippen LogP contribution in [0, 0.1) is 0 Å². The van der Waals surface area contributed by atoms with Gasteiger partial charge >= 0.3 is 0 Å². The normalized spacial score (nSPS) is 11.5. The number of aromatic nitrogens is 2. The highest BCUT2D eigenvalue weighted by atomic mass is 14.8. The SMILES string of the molecule is CC=CCc1ccnc(-c2cc(CC=CC)ccn2)c1.